The van der Waals surface area contributed by atoms with Gasteiger partial charge < -0.3 is 29.1 Å². The molecule has 0 amide bonds. The number of aromatic nitrogens is 2. The molecule has 4 N–H and O–H groups in total. The van der Waals surface area contributed by atoms with Crippen LogP contribution in [0.3, 0.4) is 0 Å². The standard InChI is InChI=1S/C12H20N2O10P2S/c1-20-11(10(16)17)23-25(19)24-26(27)21-6-7-2-3-9(22-7)14-5-4-8(15)13-12(14)18/h4-5,7,9-11,16-17,19,27H,2-3,6H2,1H3,(H,13,15,18). The highest BCUT2D eigenvalue weighted by Crippen LogP contribution is 2.56. The highest BCUT2D eigenvalue weighted by Gasteiger charge is 2.29. The van der Waals surface area contributed by atoms with Gasteiger partial charge in [0.25, 0.3) is 5.56 Å². The number of aliphatic hydroxyl groups is 2. The molecule has 154 valence electrons. The molecule has 5 atom stereocenters. The van der Waals surface area contributed by atoms with E-state index < -0.39 is 46.2 Å². The van der Waals surface area contributed by atoms with Gasteiger partial charge in [-0.2, -0.15) is 0 Å². The summed E-state index contributed by atoms with van der Waals surface area (Å²) in [5.74, 6) is 0. The molecular weight excluding hydrogens is 426 g/mol. The minimum absolute atomic E-state index is 0.0866. The van der Waals surface area contributed by atoms with E-state index in [1.807, 2.05) is 0 Å². The first-order valence-electron chi connectivity index (χ1n) is 7.61. The number of aromatic amines is 1. The lowest BCUT2D eigenvalue weighted by Crippen LogP contribution is -2.31. The summed E-state index contributed by atoms with van der Waals surface area (Å²) in [7, 11) is -3.19. The Kier molecular flexibility index (Phi) is 9.26. The van der Waals surface area contributed by atoms with Crippen molar-refractivity contribution in [1.82, 2.24) is 9.55 Å². The topological polar surface area (TPSA) is 162 Å². The maximum atomic E-state index is 11.8. The van der Waals surface area contributed by atoms with Crippen LogP contribution in [0.15, 0.2) is 21.9 Å². The summed E-state index contributed by atoms with van der Waals surface area (Å²) in [5, 5.41) is 17.9. The summed E-state index contributed by atoms with van der Waals surface area (Å²) in [5.41, 5.74) is -1.05. The number of aliphatic hydroxyl groups excluding tert-OH is 1. The number of nitrogens with one attached hydrogen (secondary N) is 1. The zero-order valence-electron chi connectivity index (χ0n) is 14.1. The third-order valence-electron chi connectivity index (χ3n) is 3.43. The van der Waals surface area contributed by atoms with Gasteiger partial charge in [-0.1, -0.05) is 12.2 Å². The number of thiol groups is 1. The van der Waals surface area contributed by atoms with E-state index >= 15 is 0 Å². The molecule has 5 unspecified atom stereocenters. The molecule has 1 fully saturated rings. The second-order valence-electron chi connectivity index (χ2n) is 5.28. The highest BCUT2D eigenvalue weighted by molar-refractivity contribution is 8.42. The Morgan fingerprint density at radius 1 is 1.44 bits per heavy atom. The van der Waals surface area contributed by atoms with Gasteiger partial charge in [-0.3, -0.25) is 23.2 Å². The predicted octanol–water partition coefficient (Wildman–Crippen LogP) is -0.0769. The number of methoxy groups -OCH3 is 1. The van der Waals surface area contributed by atoms with Crippen LogP contribution in [0.5, 0.6) is 0 Å². The van der Waals surface area contributed by atoms with E-state index in [0.29, 0.717) is 12.8 Å². The van der Waals surface area contributed by atoms with Crippen molar-refractivity contribution in [1.29, 1.82) is 0 Å². The number of ether oxygens (including phenoxy) is 2. The molecule has 1 aromatic rings. The van der Waals surface area contributed by atoms with Gasteiger partial charge >= 0.3 is 14.3 Å². The minimum atomic E-state index is -2.51. The smallest absolute Gasteiger partial charge is 0.338 e. The van der Waals surface area contributed by atoms with E-state index in [1.165, 1.54) is 16.8 Å². The average Bonchev–Trinajstić information content (AvgIpc) is 3.06. The van der Waals surface area contributed by atoms with Crippen LogP contribution in [0.25, 0.3) is 0 Å². The predicted molar refractivity (Wildman–Crippen MR) is 96.7 cm³/mol. The maximum absolute atomic E-state index is 11.8. The summed E-state index contributed by atoms with van der Waals surface area (Å²) in [4.78, 5) is 34.6. The second-order valence-corrected chi connectivity index (χ2v) is 8.34. The third-order valence-corrected chi connectivity index (χ3v) is 6.31. The molecule has 2 rings (SSSR count). The lowest BCUT2D eigenvalue weighted by Gasteiger charge is -2.22. The van der Waals surface area contributed by atoms with Gasteiger partial charge in [-0.15, -0.1) is 0 Å². The summed E-state index contributed by atoms with van der Waals surface area (Å²) >= 11 is 4.05. The molecule has 0 radical (unpaired) electrons. The van der Waals surface area contributed by atoms with Crippen LogP contribution in [0, 0.1) is 0 Å². The first-order chi connectivity index (χ1) is 12.8. The molecule has 0 aliphatic carbocycles. The molecule has 1 aliphatic rings. The Morgan fingerprint density at radius 2 is 2.19 bits per heavy atom. The van der Waals surface area contributed by atoms with Gasteiger partial charge in [0.1, 0.15) is 6.23 Å². The monoisotopic (exact) mass is 446 g/mol. The first-order valence-corrected chi connectivity index (χ1v) is 11.1. The summed E-state index contributed by atoms with van der Waals surface area (Å²) in [6, 6.07) is 1.23. The Bertz CT molecular complexity index is 703. The second kappa shape index (κ2) is 10.9. The molecule has 12 nitrogen and oxygen atoms in total. The van der Waals surface area contributed by atoms with E-state index in [4.69, 9.17) is 28.3 Å². The molecule has 0 saturated carbocycles. The fraction of sp³-hybridized carbons (Fsp3) is 0.667. The molecule has 1 saturated heterocycles. The van der Waals surface area contributed by atoms with Crippen molar-refractivity contribution in [3.63, 3.8) is 0 Å². The van der Waals surface area contributed by atoms with E-state index in [-0.39, 0.29) is 12.7 Å². The summed E-state index contributed by atoms with van der Waals surface area (Å²) in [6.07, 6.45) is -1.80. The van der Waals surface area contributed by atoms with E-state index in [9.17, 15) is 14.5 Å². The quantitative estimate of drug-likeness (QED) is 0.187. The van der Waals surface area contributed by atoms with Crippen LogP contribution < -0.4 is 11.2 Å². The zero-order chi connectivity index (χ0) is 20.0. The number of H-pyrrole nitrogens is 1. The lowest BCUT2D eigenvalue weighted by molar-refractivity contribution is -0.209. The van der Waals surface area contributed by atoms with Crippen LogP contribution in [0.4, 0.5) is 0 Å². The van der Waals surface area contributed by atoms with Crippen LogP contribution in [0.2, 0.25) is 0 Å². The van der Waals surface area contributed by atoms with Crippen molar-refractivity contribution in [2.75, 3.05) is 13.7 Å². The molecule has 0 aromatic carbocycles. The number of nitrogens with zero attached hydrogens (tertiary/aromatic N) is 1. The molecule has 0 bridgehead atoms. The Hall–Kier alpha value is -0.430. The summed E-state index contributed by atoms with van der Waals surface area (Å²) < 4.78 is 26.7. The molecule has 2 heterocycles. The maximum Gasteiger partial charge on any atom is 0.338 e. The van der Waals surface area contributed by atoms with Crippen LogP contribution in [-0.4, -0.2) is 57.1 Å². The first kappa shape index (κ1) is 22.9. The van der Waals surface area contributed by atoms with Crippen molar-refractivity contribution in [3.8, 4) is 0 Å². The minimum Gasteiger partial charge on any atom is -0.364 e. The van der Waals surface area contributed by atoms with E-state index in [1.54, 1.807) is 0 Å². The SMILES string of the molecule is COC(OP(O)OP(S)OCC1CCC(n2ccc(=O)[nH]c2=O)O1)C(O)O. The lowest BCUT2D eigenvalue weighted by atomic mass is 10.2. The van der Waals surface area contributed by atoms with E-state index in [0.717, 1.165) is 7.11 Å². The third kappa shape index (κ3) is 7.15. The van der Waals surface area contributed by atoms with Crippen molar-refractivity contribution >= 4 is 28.4 Å². The Balaban J connectivity index is 1.75. The number of hydrogen-bond acceptors (Lipinski definition) is 11. The summed E-state index contributed by atoms with van der Waals surface area (Å²) in [6.45, 7) is 0.0866. The normalized spacial score (nSPS) is 23.5. The average molecular weight is 446 g/mol. The molecular formula is C12H20N2O10P2S. The van der Waals surface area contributed by atoms with Crippen molar-refractivity contribution in [2.24, 2.45) is 0 Å². The molecule has 1 aliphatic heterocycles. The van der Waals surface area contributed by atoms with E-state index in [2.05, 4.69) is 22.0 Å². The van der Waals surface area contributed by atoms with Gasteiger partial charge in [0, 0.05) is 19.4 Å². The van der Waals surface area contributed by atoms with Gasteiger partial charge in [-0.25, -0.2) is 4.79 Å². The van der Waals surface area contributed by atoms with Crippen molar-refractivity contribution in [2.45, 2.75) is 37.8 Å². The fourth-order valence-corrected chi connectivity index (χ4v) is 4.47. The Morgan fingerprint density at radius 3 is 2.81 bits per heavy atom. The van der Waals surface area contributed by atoms with Crippen molar-refractivity contribution in [3.05, 3.63) is 33.1 Å². The van der Waals surface area contributed by atoms with Crippen LogP contribution in [0.1, 0.15) is 19.1 Å². The van der Waals surface area contributed by atoms with Gasteiger partial charge in [0.15, 0.2) is 0 Å². The van der Waals surface area contributed by atoms with Gasteiger partial charge in [-0.05, 0) is 12.8 Å². The van der Waals surface area contributed by atoms with Gasteiger partial charge in [0.2, 0.25) is 20.2 Å². The van der Waals surface area contributed by atoms with Crippen molar-refractivity contribution < 1.29 is 37.9 Å². The van der Waals surface area contributed by atoms with Crippen LogP contribution in [-0.2, 0) is 22.8 Å². The highest BCUT2D eigenvalue weighted by atomic mass is 32.7. The van der Waals surface area contributed by atoms with Crippen LogP contribution >= 0.6 is 28.4 Å². The van der Waals surface area contributed by atoms with Gasteiger partial charge in [0.05, 0.1) is 12.7 Å². The number of rotatable bonds is 10. The molecule has 0 spiro atoms. The Labute approximate surface area is 161 Å². The largest absolute Gasteiger partial charge is 0.364 e. The fourth-order valence-electron chi connectivity index (χ4n) is 2.23. The number of hydrogen-bond donors (Lipinski definition) is 5. The molecule has 15 heteroatoms. The molecule has 27 heavy (non-hydrogen) atoms. The zero-order valence-corrected chi connectivity index (χ0v) is 16.8. The molecule has 1 aromatic heterocycles.